The number of hydrogen-bond donors (Lipinski definition) is 3. The van der Waals surface area contributed by atoms with Gasteiger partial charge in [-0.15, -0.1) is 0 Å². The third-order valence-corrected chi connectivity index (χ3v) is 6.52. The van der Waals surface area contributed by atoms with Crippen molar-refractivity contribution in [2.75, 3.05) is 0 Å². The molecular weight excluding hydrogens is 436 g/mol. The fraction of sp³-hybridized carbons (Fsp3) is 0.630. The summed E-state index contributed by atoms with van der Waals surface area (Å²) in [7, 11) is 0. The van der Waals surface area contributed by atoms with Crippen LogP contribution in [0.1, 0.15) is 64.0 Å². The van der Waals surface area contributed by atoms with E-state index in [9.17, 15) is 15.3 Å². The first-order valence-corrected chi connectivity index (χ1v) is 12.4. The molecule has 3 rings (SSSR count). The molecule has 1 aliphatic heterocycles. The van der Waals surface area contributed by atoms with Gasteiger partial charge in [-0.05, 0) is 81.5 Å². The summed E-state index contributed by atoms with van der Waals surface area (Å²) in [6.07, 6.45) is 10.3. The molecule has 34 heavy (non-hydrogen) atoms. The Morgan fingerprint density at radius 3 is 2.32 bits per heavy atom. The molecule has 0 radical (unpaired) electrons. The van der Waals surface area contributed by atoms with Gasteiger partial charge in [-0.2, -0.15) is 0 Å². The van der Waals surface area contributed by atoms with Crippen molar-refractivity contribution < 1.29 is 33.6 Å². The van der Waals surface area contributed by atoms with Crippen LogP contribution >= 0.6 is 0 Å². The smallest absolute Gasteiger partial charge is 0.186 e. The van der Waals surface area contributed by atoms with Crippen LogP contribution in [0.3, 0.4) is 0 Å². The van der Waals surface area contributed by atoms with Crippen LogP contribution in [0.5, 0.6) is 0 Å². The number of allylic oxidation sites excluding steroid dienone is 1. The summed E-state index contributed by atoms with van der Waals surface area (Å²) in [6.45, 7) is 5.84. The molecule has 2 aromatic rings. The second kappa shape index (κ2) is 13.3. The summed E-state index contributed by atoms with van der Waals surface area (Å²) in [6, 6.07) is 3.97. The van der Waals surface area contributed by atoms with Crippen molar-refractivity contribution in [3.05, 3.63) is 60.0 Å². The first-order valence-electron chi connectivity index (χ1n) is 12.4. The van der Waals surface area contributed by atoms with E-state index in [0.29, 0.717) is 12.3 Å². The van der Waals surface area contributed by atoms with Crippen molar-refractivity contribution >= 4 is 0 Å². The largest absolute Gasteiger partial charge is 0.472 e. The Bertz CT molecular complexity index is 827. The average molecular weight is 477 g/mol. The Morgan fingerprint density at radius 2 is 1.74 bits per heavy atom. The fourth-order valence-electron chi connectivity index (χ4n) is 4.58. The second-order valence-corrected chi connectivity index (χ2v) is 9.74. The Kier molecular flexibility index (Phi) is 10.4. The number of aryl methyl sites for hydroxylation is 2. The lowest BCUT2D eigenvalue weighted by molar-refractivity contribution is -0.201. The maximum atomic E-state index is 10.4. The van der Waals surface area contributed by atoms with E-state index in [0.717, 1.165) is 38.5 Å². The highest BCUT2D eigenvalue weighted by molar-refractivity contribution is 5.08. The van der Waals surface area contributed by atoms with E-state index in [2.05, 4.69) is 19.9 Å². The highest BCUT2D eigenvalue weighted by Crippen LogP contribution is 2.29. The van der Waals surface area contributed by atoms with Crippen LogP contribution in [-0.4, -0.2) is 52.1 Å². The summed E-state index contributed by atoms with van der Waals surface area (Å²) in [4.78, 5) is 0. The lowest BCUT2D eigenvalue weighted by Gasteiger charge is -2.26. The summed E-state index contributed by atoms with van der Waals surface area (Å²) in [5.74, 6) is 0.409. The van der Waals surface area contributed by atoms with Crippen molar-refractivity contribution in [3.8, 4) is 0 Å². The van der Waals surface area contributed by atoms with E-state index in [1.807, 2.05) is 12.1 Å². The van der Waals surface area contributed by atoms with Crippen molar-refractivity contribution in [3.63, 3.8) is 0 Å². The van der Waals surface area contributed by atoms with Crippen molar-refractivity contribution in [2.45, 2.75) is 103 Å². The number of aliphatic hydroxyl groups excluding tert-OH is 3. The van der Waals surface area contributed by atoms with Crippen LogP contribution in [0.2, 0.25) is 0 Å². The van der Waals surface area contributed by atoms with Gasteiger partial charge in [0.25, 0.3) is 0 Å². The molecule has 1 saturated heterocycles. The molecule has 0 bridgehead atoms. The van der Waals surface area contributed by atoms with Gasteiger partial charge >= 0.3 is 0 Å². The molecule has 0 spiro atoms. The molecule has 0 unspecified atom stereocenters. The molecule has 1 fully saturated rings. The quantitative estimate of drug-likeness (QED) is 0.347. The van der Waals surface area contributed by atoms with Gasteiger partial charge in [0.15, 0.2) is 6.29 Å². The number of hydrogen-bond acceptors (Lipinski definition) is 7. The topological polar surface area (TPSA) is 105 Å². The number of aliphatic hydroxyl groups is 3. The average Bonchev–Trinajstić information content (AvgIpc) is 3.53. The van der Waals surface area contributed by atoms with Crippen molar-refractivity contribution in [1.82, 2.24) is 0 Å². The fourth-order valence-corrected chi connectivity index (χ4v) is 4.58. The molecule has 2 aromatic heterocycles. The third-order valence-electron chi connectivity index (χ3n) is 6.52. The third kappa shape index (κ3) is 8.10. The molecule has 7 nitrogen and oxygen atoms in total. The zero-order valence-electron chi connectivity index (χ0n) is 20.5. The highest BCUT2D eigenvalue weighted by Gasteiger charge is 2.46. The van der Waals surface area contributed by atoms with E-state index in [1.165, 1.54) is 23.6 Å². The molecule has 7 heteroatoms. The minimum Gasteiger partial charge on any atom is -0.472 e. The number of furan rings is 2. The summed E-state index contributed by atoms with van der Waals surface area (Å²) < 4.78 is 22.2. The molecule has 0 saturated carbocycles. The Labute approximate surface area is 202 Å². The lowest BCUT2D eigenvalue weighted by atomic mass is 9.93. The Balaban J connectivity index is 1.56. The standard InChI is InChI=1S/C27H40O7/c1-18(6-4-8-21-10-12-31-16-21)14-23(15-19(2)7-5-9-22-11-13-32-17-22)33-27-25(30)24(29)26(34-27)20(3)28/h6,10-13,16-17,19-20,23-30H,4-5,7-9,14-15H2,1-3H3/b18-6+/t19-,20-,23-,24-,25-,26+,27-/m0/s1. The minimum absolute atomic E-state index is 0.173. The van der Waals surface area contributed by atoms with Gasteiger partial charge in [0.1, 0.15) is 18.3 Å². The van der Waals surface area contributed by atoms with Gasteiger partial charge in [0.05, 0.1) is 37.3 Å². The number of ether oxygens (including phenoxy) is 2. The molecule has 0 aromatic carbocycles. The summed E-state index contributed by atoms with van der Waals surface area (Å²) in [5.41, 5.74) is 3.58. The Hall–Kier alpha value is -1.90. The first-order chi connectivity index (χ1) is 16.3. The molecule has 0 amide bonds. The van der Waals surface area contributed by atoms with Crippen LogP contribution in [-0.2, 0) is 22.3 Å². The summed E-state index contributed by atoms with van der Waals surface area (Å²) >= 11 is 0. The molecular formula is C27H40O7. The van der Waals surface area contributed by atoms with Gasteiger partial charge in [0, 0.05) is 0 Å². The molecule has 190 valence electrons. The van der Waals surface area contributed by atoms with Crippen LogP contribution in [0.4, 0.5) is 0 Å². The van der Waals surface area contributed by atoms with E-state index in [-0.39, 0.29) is 6.10 Å². The first kappa shape index (κ1) is 26.7. The normalized spacial score (nSPS) is 26.0. The number of rotatable bonds is 14. The zero-order valence-corrected chi connectivity index (χ0v) is 20.5. The van der Waals surface area contributed by atoms with Crippen LogP contribution in [0.15, 0.2) is 57.7 Å². The maximum Gasteiger partial charge on any atom is 0.186 e. The SMILES string of the molecule is C/C(=C\CCc1ccoc1)C[C@@H](C[C@@H](C)CCCc1ccoc1)O[C@H]1O[C@H]([C@H](C)O)[C@@H](O)[C@@H]1O. The van der Waals surface area contributed by atoms with Gasteiger partial charge in [-0.1, -0.05) is 25.0 Å². The van der Waals surface area contributed by atoms with Gasteiger partial charge < -0.3 is 33.6 Å². The van der Waals surface area contributed by atoms with Crippen molar-refractivity contribution in [2.24, 2.45) is 5.92 Å². The molecule has 3 heterocycles. The monoisotopic (exact) mass is 476 g/mol. The Morgan fingerprint density at radius 1 is 1.06 bits per heavy atom. The maximum absolute atomic E-state index is 10.4. The predicted molar refractivity (Wildman–Crippen MR) is 128 cm³/mol. The zero-order chi connectivity index (χ0) is 24.5. The van der Waals surface area contributed by atoms with Gasteiger partial charge in [0.2, 0.25) is 0 Å². The van der Waals surface area contributed by atoms with Crippen LogP contribution in [0, 0.1) is 5.92 Å². The van der Waals surface area contributed by atoms with Gasteiger partial charge in [-0.3, -0.25) is 0 Å². The molecule has 0 aliphatic carbocycles. The molecule has 1 aliphatic rings. The molecule has 3 N–H and O–H groups in total. The summed E-state index contributed by atoms with van der Waals surface area (Å²) in [5, 5.41) is 30.6. The van der Waals surface area contributed by atoms with Crippen LogP contribution < -0.4 is 0 Å². The van der Waals surface area contributed by atoms with Gasteiger partial charge in [-0.25, -0.2) is 0 Å². The van der Waals surface area contributed by atoms with E-state index in [4.69, 9.17) is 18.3 Å². The van der Waals surface area contributed by atoms with E-state index >= 15 is 0 Å². The van der Waals surface area contributed by atoms with Crippen molar-refractivity contribution in [1.29, 1.82) is 0 Å². The minimum atomic E-state index is -1.19. The van der Waals surface area contributed by atoms with E-state index < -0.39 is 30.7 Å². The highest BCUT2D eigenvalue weighted by atomic mass is 16.7. The second-order valence-electron chi connectivity index (χ2n) is 9.74. The predicted octanol–water partition coefficient (Wildman–Crippen LogP) is 4.40. The molecule has 7 atom stereocenters. The van der Waals surface area contributed by atoms with E-state index in [1.54, 1.807) is 25.1 Å². The van der Waals surface area contributed by atoms with Crippen LogP contribution in [0.25, 0.3) is 0 Å². The lowest BCUT2D eigenvalue weighted by Crippen LogP contribution is -2.38.